The van der Waals surface area contributed by atoms with Crippen molar-refractivity contribution in [1.82, 2.24) is 25.0 Å². The molecule has 1 atom stereocenters. The van der Waals surface area contributed by atoms with E-state index in [1.807, 2.05) is 12.1 Å². The number of pyridine rings is 1. The maximum atomic E-state index is 11.6. The van der Waals surface area contributed by atoms with Crippen LogP contribution in [0.4, 0.5) is 11.6 Å². The van der Waals surface area contributed by atoms with Crippen LogP contribution in [0.1, 0.15) is 44.6 Å². The quantitative estimate of drug-likeness (QED) is 0.619. The van der Waals surface area contributed by atoms with Gasteiger partial charge in [-0.05, 0) is 25.8 Å². The van der Waals surface area contributed by atoms with Gasteiger partial charge < -0.3 is 20.5 Å². The summed E-state index contributed by atoms with van der Waals surface area (Å²) in [7, 11) is 0. The van der Waals surface area contributed by atoms with Crippen LogP contribution in [0.15, 0.2) is 18.3 Å². The fourth-order valence-electron chi connectivity index (χ4n) is 4.65. The number of morpholine rings is 1. The molecule has 2 aliphatic rings. The van der Waals surface area contributed by atoms with Crippen LogP contribution in [0.2, 0.25) is 0 Å². The number of hydrogen-bond acceptors (Lipinski definition) is 7. The van der Waals surface area contributed by atoms with Crippen LogP contribution in [-0.2, 0) is 10.3 Å². The highest BCUT2D eigenvalue weighted by molar-refractivity contribution is 5.92. The fourth-order valence-corrected chi connectivity index (χ4v) is 4.65. The second-order valence-corrected chi connectivity index (χ2v) is 8.18. The lowest BCUT2D eigenvalue weighted by Gasteiger charge is -2.37. The first-order chi connectivity index (χ1) is 14.1. The molecule has 0 aromatic carbocycles. The molecule has 1 saturated heterocycles. The summed E-state index contributed by atoms with van der Waals surface area (Å²) >= 11 is 0. The van der Waals surface area contributed by atoms with Crippen molar-refractivity contribution < 1.29 is 9.84 Å². The Hall–Kier alpha value is -2.65. The molecule has 1 unspecified atom stereocenters. The van der Waals surface area contributed by atoms with Gasteiger partial charge in [0.1, 0.15) is 5.82 Å². The molecule has 4 heterocycles. The van der Waals surface area contributed by atoms with Crippen LogP contribution in [0.5, 0.6) is 0 Å². The molecular weight excluding hydrogens is 370 g/mol. The zero-order chi connectivity index (χ0) is 20.0. The topological polar surface area (TPSA) is 118 Å². The SMILES string of the molecule is CC1COCCN1c1cc(C2(O)CCCCC2)c2c(N)nn(-c3ccn[nH]3)c2n1. The van der Waals surface area contributed by atoms with E-state index in [4.69, 9.17) is 15.5 Å². The van der Waals surface area contributed by atoms with Gasteiger partial charge >= 0.3 is 0 Å². The minimum atomic E-state index is -0.917. The molecule has 1 aliphatic carbocycles. The number of rotatable bonds is 3. The Morgan fingerprint density at radius 2 is 2.14 bits per heavy atom. The third-order valence-electron chi connectivity index (χ3n) is 6.21. The molecule has 4 N–H and O–H groups in total. The molecule has 1 aliphatic heterocycles. The number of hydrogen-bond donors (Lipinski definition) is 3. The Morgan fingerprint density at radius 3 is 2.86 bits per heavy atom. The molecule has 29 heavy (non-hydrogen) atoms. The van der Waals surface area contributed by atoms with E-state index < -0.39 is 5.60 Å². The summed E-state index contributed by atoms with van der Waals surface area (Å²) in [5.41, 5.74) is 6.91. The minimum Gasteiger partial charge on any atom is -0.385 e. The molecule has 154 valence electrons. The van der Waals surface area contributed by atoms with Crippen molar-refractivity contribution in [1.29, 1.82) is 0 Å². The zero-order valence-electron chi connectivity index (χ0n) is 16.6. The van der Waals surface area contributed by atoms with E-state index in [1.54, 1.807) is 10.9 Å². The molecule has 3 aromatic heterocycles. The van der Waals surface area contributed by atoms with E-state index in [1.165, 1.54) is 0 Å². The lowest BCUT2D eigenvalue weighted by Crippen LogP contribution is -2.44. The monoisotopic (exact) mass is 397 g/mol. The lowest BCUT2D eigenvalue weighted by atomic mass is 9.79. The zero-order valence-corrected chi connectivity index (χ0v) is 16.6. The summed E-state index contributed by atoms with van der Waals surface area (Å²) in [4.78, 5) is 7.18. The Balaban J connectivity index is 1.75. The van der Waals surface area contributed by atoms with E-state index in [2.05, 4.69) is 27.1 Å². The number of aromatic nitrogens is 5. The van der Waals surface area contributed by atoms with Crippen LogP contribution in [0, 0.1) is 0 Å². The number of H-pyrrole nitrogens is 1. The molecule has 0 bridgehead atoms. The van der Waals surface area contributed by atoms with Gasteiger partial charge in [-0.15, -0.1) is 5.10 Å². The van der Waals surface area contributed by atoms with Gasteiger partial charge in [-0.3, -0.25) is 5.10 Å². The number of nitrogen functional groups attached to an aromatic ring is 1. The van der Waals surface area contributed by atoms with Gasteiger partial charge in [0, 0.05) is 18.2 Å². The van der Waals surface area contributed by atoms with Crippen molar-refractivity contribution in [2.45, 2.75) is 50.7 Å². The predicted octanol–water partition coefficient (Wildman–Crippen LogP) is 2.10. The number of nitrogens with one attached hydrogen (secondary N) is 1. The normalized spacial score (nSPS) is 22.3. The summed E-state index contributed by atoms with van der Waals surface area (Å²) in [5, 5.41) is 23.8. The summed E-state index contributed by atoms with van der Waals surface area (Å²) < 4.78 is 7.29. The summed E-state index contributed by atoms with van der Waals surface area (Å²) in [5.74, 6) is 1.88. The average molecular weight is 397 g/mol. The van der Waals surface area contributed by atoms with Gasteiger partial charge in [-0.1, -0.05) is 19.3 Å². The molecule has 0 radical (unpaired) electrons. The number of nitrogens with zero attached hydrogens (tertiary/aromatic N) is 5. The second-order valence-electron chi connectivity index (χ2n) is 8.18. The van der Waals surface area contributed by atoms with Gasteiger partial charge in [0.05, 0.1) is 36.4 Å². The van der Waals surface area contributed by atoms with Gasteiger partial charge in [0.25, 0.3) is 0 Å². The Kier molecular flexibility index (Phi) is 4.44. The Morgan fingerprint density at radius 1 is 1.31 bits per heavy atom. The van der Waals surface area contributed by atoms with Crippen molar-refractivity contribution >= 4 is 22.7 Å². The number of aromatic amines is 1. The van der Waals surface area contributed by atoms with Crippen molar-refractivity contribution in [3.8, 4) is 5.82 Å². The molecule has 1 saturated carbocycles. The van der Waals surface area contributed by atoms with Gasteiger partial charge in [-0.2, -0.15) is 9.78 Å². The molecular formula is C20H27N7O2. The smallest absolute Gasteiger partial charge is 0.169 e. The van der Waals surface area contributed by atoms with Crippen LogP contribution in [0.25, 0.3) is 16.9 Å². The third-order valence-corrected chi connectivity index (χ3v) is 6.21. The molecule has 5 rings (SSSR count). The highest BCUT2D eigenvalue weighted by atomic mass is 16.5. The minimum absolute atomic E-state index is 0.198. The molecule has 9 nitrogen and oxygen atoms in total. The van der Waals surface area contributed by atoms with E-state index in [9.17, 15) is 5.11 Å². The molecule has 2 fully saturated rings. The predicted molar refractivity (Wildman–Crippen MR) is 110 cm³/mol. The second kappa shape index (κ2) is 7.00. The van der Waals surface area contributed by atoms with E-state index in [0.29, 0.717) is 30.5 Å². The molecule has 9 heteroatoms. The van der Waals surface area contributed by atoms with Crippen LogP contribution >= 0.6 is 0 Å². The fraction of sp³-hybridized carbons (Fsp3) is 0.550. The van der Waals surface area contributed by atoms with Gasteiger partial charge in [0.2, 0.25) is 0 Å². The van der Waals surface area contributed by atoms with Crippen LogP contribution in [0.3, 0.4) is 0 Å². The number of nitrogens with two attached hydrogens (primary N) is 1. The van der Waals surface area contributed by atoms with Crippen molar-refractivity contribution in [2.75, 3.05) is 30.4 Å². The van der Waals surface area contributed by atoms with Crippen LogP contribution < -0.4 is 10.6 Å². The first-order valence-corrected chi connectivity index (χ1v) is 10.3. The third kappa shape index (κ3) is 3.05. The molecule has 3 aromatic rings. The highest BCUT2D eigenvalue weighted by Crippen LogP contribution is 2.43. The summed E-state index contributed by atoms with van der Waals surface area (Å²) in [6, 6.07) is 4.04. The van der Waals surface area contributed by atoms with E-state index >= 15 is 0 Å². The Bertz CT molecular complexity index is 1010. The average Bonchev–Trinajstić information content (AvgIpc) is 3.36. The summed E-state index contributed by atoms with van der Waals surface area (Å²) in [6.07, 6.45) is 6.25. The maximum absolute atomic E-state index is 11.6. The van der Waals surface area contributed by atoms with Crippen molar-refractivity contribution in [3.63, 3.8) is 0 Å². The molecule has 0 amide bonds. The van der Waals surface area contributed by atoms with Crippen molar-refractivity contribution in [3.05, 3.63) is 23.9 Å². The van der Waals surface area contributed by atoms with Crippen molar-refractivity contribution in [2.24, 2.45) is 0 Å². The highest BCUT2D eigenvalue weighted by Gasteiger charge is 2.36. The number of fused-ring (bicyclic) bond motifs is 1. The molecule has 0 spiro atoms. The van der Waals surface area contributed by atoms with E-state index in [-0.39, 0.29) is 6.04 Å². The van der Waals surface area contributed by atoms with Crippen LogP contribution in [-0.4, -0.2) is 55.9 Å². The number of ether oxygens (including phenoxy) is 1. The first-order valence-electron chi connectivity index (χ1n) is 10.3. The number of anilines is 2. The van der Waals surface area contributed by atoms with E-state index in [0.717, 1.165) is 55.4 Å². The Labute approximate surface area is 168 Å². The largest absolute Gasteiger partial charge is 0.385 e. The lowest BCUT2D eigenvalue weighted by molar-refractivity contribution is 0.000737. The van der Waals surface area contributed by atoms with Gasteiger partial charge in [0.15, 0.2) is 17.3 Å². The maximum Gasteiger partial charge on any atom is 0.169 e. The summed E-state index contributed by atoms with van der Waals surface area (Å²) in [6.45, 7) is 4.19. The number of aliphatic hydroxyl groups is 1. The first kappa shape index (κ1) is 18.4. The standard InChI is InChI=1S/C20H27N7O2/c1-13-12-29-10-9-26(13)16-11-14(20(28)6-3-2-4-7-20)17-18(21)25-27(19(17)23-16)15-5-8-22-24-15/h5,8,11,13,28H,2-4,6-7,9-10,12H2,1H3,(H2,21,25)(H,22,24). The van der Waals surface area contributed by atoms with Gasteiger partial charge in [-0.25, -0.2) is 4.98 Å².